The summed E-state index contributed by atoms with van der Waals surface area (Å²) in [5, 5.41) is 8.59. The van der Waals surface area contributed by atoms with E-state index < -0.39 is 5.82 Å². The van der Waals surface area contributed by atoms with Gasteiger partial charge in [-0.1, -0.05) is 12.1 Å². The first kappa shape index (κ1) is 22.9. The van der Waals surface area contributed by atoms with Gasteiger partial charge < -0.3 is 20.7 Å². The molecule has 1 unspecified atom stereocenters. The lowest BCUT2D eigenvalue weighted by Gasteiger charge is -2.17. The van der Waals surface area contributed by atoms with Crippen LogP contribution in [-0.4, -0.2) is 61.6 Å². The number of carbonyl (C=O) groups is 2. The Balaban J connectivity index is 0.00000364. The molecule has 0 spiro atoms. The van der Waals surface area contributed by atoms with E-state index in [0.29, 0.717) is 25.6 Å². The first-order chi connectivity index (χ1) is 12.5. The Hall–Kier alpha value is -2.11. The summed E-state index contributed by atoms with van der Waals surface area (Å²) in [6.07, 6.45) is -0.326. The smallest absolute Gasteiger partial charge is 0.324 e. The normalized spacial score (nSPS) is 15.1. The van der Waals surface area contributed by atoms with Gasteiger partial charge in [0.15, 0.2) is 17.5 Å². The Kier molecular flexibility index (Phi) is 9.83. The van der Waals surface area contributed by atoms with E-state index in [1.165, 1.54) is 6.07 Å². The molecular weight excluding hydrogens is 468 g/mol. The number of nitrogens with one attached hydrogen (secondary N) is 3. The average Bonchev–Trinajstić information content (AvgIpc) is 2.93. The van der Waals surface area contributed by atoms with Gasteiger partial charge in [0.1, 0.15) is 6.10 Å². The van der Waals surface area contributed by atoms with E-state index in [2.05, 4.69) is 20.9 Å². The minimum Gasteiger partial charge on any atom is -0.486 e. The van der Waals surface area contributed by atoms with E-state index in [4.69, 9.17) is 4.74 Å². The molecule has 0 aliphatic carbocycles. The molecule has 150 valence electrons. The molecule has 27 heavy (non-hydrogen) atoms. The van der Waals surface area contributed by atoms with Gasteiger partial charge in [-0.15, -0.1) is 24.0 Å². The SMILES string of the molecule is CCNC(=NCC(C)Oc1ccccc1F)NCCN1C(=O)CNC1=O.I. The molecule has 0 saturated carbocycles. The van der Waals surface area contributed by atoms with Crippen LogP contribution in [0.5, 0.6) is 5.75 Å². The maximum atomic E-state index is 13.6. The van der Waals surface area contributed by atoms with Gasteiger partial charge in [0.2, 0.25) is 5.91 Å². The third-order valence-corrected chi connectivity index (χ3v) is 3.58. The van der Waals surface area contributed by atoms with Gasteiger partial charge in [-0.3, -0.25) is 9.69 Å². The monoisotopic (exact) mass is 493 g/mol. The van der Waals surface area contributed by atoms with E-state index in [0.717, 1.165) is 4.90 Å². The number of rotatable bonds is 8. The van der Waals surface area contributed by atoms with Crippen molar-refractivity contribution in [2.75, 3.05) is 32.7 Å². The lowest BCUT2D eigenvalue weighted by atomic mass is 10.3. The van der Waals surface area contributed by atoms with Gasteiger partial charge in [-0.05, 0) is 26.0 Å². The zero-order chi connectivity index (χ0) is 18.9. The molecule has 1 atom stereocenters. The van der Waals surface area contributed by atoms with Crippen LogP contribution < -0.4 is 20.7 Å². The number of benzene rings is 1. The molecule has 3 N–H and O–H groups in total. The van der Waals surface area contributed by atoms with Crippen molar-refractivity contribution in [1.29, 1.82) is 0 Å². The number of ether oxygens (including phenoxy) is 1. The number of amides is 3. The summed E-state index contributed by atoms with van der Waals surface area (Å²) in [5.74, 6) is 0.0582. The van der Waals surface area contributed by atoms with Crippen LogP contribution in [-0.2, 0) is 4.79 Å². The van der Waals surface area contributed by atoms with Crippen molar-refractivity contribution >= 4 is 41.9 Å². The van der Waals surface area contributed by atoms with Crippen LogP contribution in [0.2, 0.25) is 0 Å². The van der Waals surface area contributed by atoms with E-state index in [-0.39, 0.29) is 60.9 Å². The maximum Gasteiger partial charge on any atom is 0.324 e. The molecule has 10 heteroatoms. The van der Waals surface area contributed by atoms with Gasteiger partial charge in [-0.25, -0.2) is 14.2 Å². The second-order valence-electron chi connectivity index (χ2n) is 5.71. The molecule has 0 aromatic heterocycles. The number of aliphatic imine (C=N–C) groups is 1. The van der Waals surface area contributed by atoms with E-state index in [9.17, 15) is 14.0 Å². The van der Waals surface area contributed by atoms with Crippen molar-refractivity contribution in [3.8, 4) is 5.75 Å². The van der Waals surface area contributed by atoms with Gasteiger partial charge in [0, 0.05) is 19.6 Å². The van der Waals surface area contributed by atoms with E-state index in [1.807, 2.05) is 6.92 Å². The molecule has 2 rings (SSSR count). The Bertz CT molecular complexity index is 658. The lowest BCUT2D eigenvalue weighted by molar-refractivity contribution is -0.124. The van der Waals surface area contributed by atoms with Crippen molar-refractivity contribution in [3.63, 3.8) is 0 Å². The highest BCUT2D eigenvalue weighted by Crippen LogP contribution is 2.16. The summed E-state index contributed by atoms with van der Waals surface area (Å²) in [5.41, 5.74) is 0. The number of nitrogens with zero attached hydrogens (tertiary/aromatic N) is 2. The van der Waals surface area contributed by atoms with Gasteiger partial charge in [-0.2, -0.15) is 0 Å². The molecular formula is C17H25FIN5O3. The van der Waals surface area contributed by atoms with E-state index in [1.54, 1.807) is 25.1 Å². The molecule has 0 radical (unpaired) electrons. The first-order valence-corrected chi connectivity index (χ1v) is 8.52. The highest BCUT2D eigenvalue weighted by molar-refractivity contribution is 14.0. The summed E-state index contributed by atoms with van der Waals surface area (Å²) < 4.78 is 19.1. The number of hydrogen-bond acceptors (Lipinski definition) is 4. The standard InChI is InChI=1S/C17H24FN5O3.HI/c1-3-19-16(20-8-9-23-15(24)11-22-17(23)25)21-10-12(2)26-14-7-5-4-6-13(14)18;/h4-7,12H,3,8-11H2,1-2H3,(H,22,25)(H2,19,20,21);1H. The Morgan fingerprint density at radius 1 is 1.37 bits per heavy atom. The minimum absolute atomic E-state index is 0. The molecule has 1 heterocycles. The van der Waals surface area contributed by atoms with Crippen LogP contribution in [0.25, 0.3) is 0 Å². The number of urea groups is 1. The Morgan fingerprint density at radius 3 is 2.74 bits per heavy atom. The highest BCUT2D eigenvalue weighted by Gasteiger charge is 2.27. The molecule has 1 saturated heterocycles. The van der Waals surface area contributed by atoms with Gasteiger partial charge >= 0.3 is 6.03 Å². The van der Waals surface area contributed by atoms with Crippen LogP contribution in [0.1, 0.15) is 13.8 Å². The van der Waals surface area contributed by atoms with Crippen LogP contribution >= 0.6 is 24.0 Å². The van der Waals surface area contributed by atoms with Crippen molar-refractivity contribution in [1.82, 2.24) is 20.9 Å². The third-order valence-electron chi connectivity index (χ3n) is 3.58. The fraction of sp³-hybridized carbons (Fsp3) is 0.471. The second-order valence-corrected chi connectivity index (χ2v) is 5.71. The van der Waals surface area contributed by atoms with Crippen molar-refractivity contribution in [2.24, 2.45) is 4.99 Å². The number of guanidine groups is 1. The molecule has 1 fully saturated rings. The molecule has 1 aromatic rings. The summed E-state index contributed by atoms with van der Waals surface area (Å²) in [6, 6.07) is 5.83. The fourth-order valence-corrected chi connectivity index (χ4v) is 2.32. The quantitative estimate of drug-likeness (QED) is 0.220. The summed E-state index contributed by atoms with van der Waals surface area (Å²) >= 11 is 0. The summed E-state index contributed by atoms with van der Waals surface area (Å²) in [6.45, 7) is 5.34. The average molecular weight is 493 g/mol. The zero-order valence-electron chi connectivity index (χ0n) is 15.3. The van der Waals surface area contributed by atoms with Gasteiger partial charge in [0.05, 0.1) is 13.1 Å². The number of hydrogen-bond donors (Lipinski definition) is 3. The van der Waals surface area contributed by atoms with Crippen LogP contribution in [0.4, 0.5) is 9.18 Å². The Morgan fingerprint density at radius 2 is 2.11 bits per heavy atom. The highest BCUT2D eigenvalue weighted by atomic mass is 127. The largest absolute Gasteiger partial charge is 0.486 e. The molecule has 1 aliphatic heterocycles. The number of halogens is 2. The predicted molar refractivity (Wildman–Crippen MR) is 111 cm³/mol. The topological polar surface area (TPSA) is 95.1 Å². The minimum atomic E-state index is -0.415. The van der Waals surface area contributed by atoms with Crippen LogP contribution in [0.15, 0.2) is 29.3 Å². The third kappa shape index (κ3) is 7.19. The number of imide groups is 1. The molecule has 0 bridgehead atoms. The fourth-order valence-electron chi connectivity index (χ4n) is 2.32. The number of para-hydroxylation sites is 1. The van der Waals surface area contributed by atoms with Gasteiger partial charge in [0.25, 0.3) is 0 Å². The molecule has 3 amide bonds. The van der Waals surface area contributed by atoms with Crippen molar-refractivity contribution in [3.05, 3.63) is 30.1 Å². The van der Waals surface area contributed by atoms with Crippen LogP contribution in [0, 0.1) is 5.82 Å². The Labute approximate surface area is 174 Å². The zero-order valence-corrected chi connectivity index (χ0v) is 17.7. The van der Waals surface area contributed by atoms with Crippen LogP contribution in [0.3, 0.4) is 0 Å². The first-order valence-electron chi connectivity index (χ1n) is 8.52. The van der Waals surface area contributed by atoms with Crippen molar-refractivity contribution < 1.29 is 18.7 Å². The predicted octanol–water partition coefficient (Wildman–Crippen LogP) is 1.32. The second kappa shape index (κ2) is 11.6. The lowest BCUT2D eigenvalue weighted by Crippen LogP contribution is -2.43. The molecule has 1 aromatic carbocycles. The maximum absolute atomic E-state index is 13.6. The molecule has 8 nitrogen and oxygen atoms in total. The molecule has 1 aliphatic rings. The summed E-state index contributed by atoms with van der Waals surface area (Å²) in [7, 11) is 0. The summed E-state index contributed by atoms with van der Waals surface area (Å²) in [4.78, 5) is 28.5. The van der Waals surface area contributed by atoms with E-state index >= 15 is 0 Å². The van der Waals surface area contributed by atoms with Crippen molar-refractivity contribution in [2.45, 2.75) is 20.0 Å². The number of carbonyl (C=O) groups excluding carboxylic acids is 2.